The van der Waals surface area contributed by atoms with Crippen LogP contribution >= 0.6 is 0 Å². The summed E-state index contributed by atoms with van der Waals surface area (Å²) < 4.78 is 5.05. The number of H-pyrrole nitrogens is 4. The summed E-state index contributed by atoms with van der Waals surface area (Å²) in [6, 6.07) is 126. The maximum Gasteiger partial charge on any atom is 0.252 e. The number of aromatic nitrogens is 6. The maximum absolute atomic E-state index is 3.89. The number of nitrogens with zero attached hydrogens (tertiary/aromatic N) is 4. The zero-order chi connectivity index (χ0) is 72.3. The van der Waals surface area contributed by atoms with Crippen LogP contribution in [0.1, 0.15) is 17.7 Å². The van der Waals surface area contributed by atoms with E-state index in [1.54, 1.807) is 0 Å². The van der Waals surface area contributed by atoms with Crippen molar-refractivity contribution in [3.8, 4) is 55.9 Å². The minimum Gasteiger partial charge on any atom is -0.354 e. The molecule has 0 unspecified atom stereocenters. The molecular weight excluding hydrogens is 1350 g/mol. The zero-order valence-electron chi connectivity index (χ0n) is 60.2. The Balaban J connectivity index is 0.851. The monoisotopic (exact) mass is 1410 g/mol. The van der Waals surface area contributed by atoms with Crippen molar-refractivity contribution in [2.24, 2.45) is 0 Å². The second-order valence-corrected chi connectivity index (χ2v) is 30.3. The topological polar surface area (TPSA) is 79.5 Å². The smallest absolute Gasteiger partial charge is 0.252 e. The van der Waals surface area contributed by atoms with Crippen LogP contribution in [0.25, 0.3) is 182 Å². The molecule has 2 aliphatic heterocycles. The molecule has 9 heteroatoms. The number of nitrogens with one attached hydrogen (secondary N) is 4. The van der Waals surface area contributed by atoms with Crippen molar-refractivity contribution in [3.63, 3.8) is 0 Å². The summed E-state index contributed by atoms with van der Waals surface area (Å²) in [6.07, 6.45) is 6.72. The quantitative estimate of drug-likeness (QED) is 0.114. The summed E-state index contributed by atoms with van der Waals surface area (Å²) in [5, 5.41) is 13.2. The van der Waals surface area contributed by atoms with E-state index in [0.29, 0.717) is 0 Å². The normalized spacial score (nSPS) is 13.2. The average molecular weight is 1410 g/mol. The summed E-state index contributed by atoms with van der Waals surface area (Å²) in [5.41, 5.74) is 36.4. The molecule has 0 amide bonds. The highest BCUT2D eigenvalue weighted by atomic mass is 15.2. The Bertz CT molecular complexity index is 7520. The lowest BCUT2D eigenvalue weighted by atomic mass is 9.33. The molecular formula is C102H65BN8. The van der Waals surface area contributed by atoms with E-state index < -0.39 is 0 Å². The lowest BCUT2D eigenvalue weighted by Gasteiger charge is -2.45. The molecule has 0 fully saturated rings. The first-order chi connectivity index (χ1) is 55.1. The van der Waals surface area contributed by atoms with Gasteiger partial charge in [-0.05, 0) is 166 Å². The van der Waals surface area contributed by atoms with E-state index in [1.165, 1.54) is 92.4 Å². The summed E-state index contributed by atoms with van der Waals surface area (Å²) in [7, 11) is 0. The fourth-order valence-corrected chi connectivity index (χ4v) is 20.3. The summed E-state index contributed by atoms with van der Waals surface area (Å²) >= 11 is 0. The Labute approximate surface area is 637 Å². The minimum absolute atomic E-state index is 0.278. The van der Waals surface area contributed by atoms with Gasteiger partial charge in [0, 0.05) is 165 Å². The molecule has 8 nitrogen and oxygen atoms in total. The number of rotatable bonds is 8. The number of hydrogen-bond donors (Lipinski definition) is 4. The summed E-state index contributed by atoms with van der Waals surface area (Å²) in [5.74, 6) is 0. The fraction of sp³-hybridized carbons (Fsp3) is 0.0196. The van der Waals surface area contributed by atoms with Gasteiger partial charge >= 0.3 is 0 Å². The van der Waals surface area contributed by atoms with E-state index in [1.807, 2.05) is 0 Å². The summed E-state index contributed by atoms with van der Waals surface area (Å²) in [4.78, 5) is 21.0. The highest BCUT2D eigenvalue weighted by molar-refractivity contribution is 7.00. The third kappa shape index (κ3) is 8.49. The van der Waals surface area contributed by atoms with E-state index in [-0.39, 0.29) is 6.71 Å². The molecule has 4 N–H and O–H groups in total. The van der Waals surface area contributed by atoms with Crippen molar-refractivity contribution in [2.75, 3.05) is 9.80 Å². The Morgan fingerprint density at radius 3 is 1.00 bits per heavy atom. The van der Waals surface area contributed by atoms with Crippen LogP contribution < -0.4 is 26.2 Å². The Morgan fingerprint density at radius 1 is 0.261 bits per heavy atom. The number of anilines is 6. The van der Waals surface area contributed by atoms with Crippen LogP contribution in [0.15, 0.2) is 340 Å². The molecule has 0 spiro atoms. The van der Waals surface area contributed by atoms with Crippen LogP contribution in [0.4, 0.5) is 34.1 Å². The molecule has 22 aromatic rings. The van der Waals surface area contributed by atoms with Crippen molar-refractivity contribution >= 4 is 183 Å². The number of fused-ring (bicyclic) bond motifs is 22. The van der Waals surface area contributed by atoms with E-state index in [9.17, 15) is 0 Å². The van der Waals surface area contributed by atoms with Gasteiger partial charge in [0.05, 0.1) is 27.9 Å². The van der Waals surface area contributed by atoms with E-state index >= 15 is 0 Å². The van der Waals surface area contributed by atoms with Crippen molar-refractivity contribution in [2.45, 2.75) is 12.8 Å². The van der Waals surface area contributed by atoms with Crippen LogP contribution in [0.5, 0.6) is 0 Å². The number of benzene rings is 16. The van der Waals surface area contributed by atoms with Crippen LogP contribution in [0.3, 0.4) is 0 Å². The van der Waals surface area contributed by atoms with Crippen LogP contribution in [-0.2, 0) is 6.42 Å². The molecule has 16 aromatic carbocycles. The molecule has 25 rings (SSSR count). The van der Waals surface area contributed by atoms with Crippen LogP contribution in [-0.4, -0.2) is 35.8 Å². The van der Waals surface area contributed by atoms with Gasteiger partial charge in [-0.25, -0.2) is 0 Å². The van der Waals surface area contributed by atoms with Crippen molar-refractivity contribution < 1.29 is 0 Å². The Hall–Kier alpha value is -14.5. The van der Waals surface area contributed by atoms with E-state index in [2.05, 4.69) is 385 Å². The second-order valence-electron chi connectivity index (χ2n) is 30.3. The number of hydrogen-bond acceptors (Lipinski definition) is 2. The molecule has 1 aliphatic carbocycles. The van der Waals surface area contributed by atoms with Gasteiger partial charge in [-0.1, -0.05) is 237 Å². The SMILES string of the molecule is C1=Cc2c(c3ccccc3n2-c2ccc3c(c2)N(c2c(-c4cccc5[nH]c6ccccc6c45)cccc2-c2cccc4[nH]c5ccccc5c24)c2cccc4c2B3c2ccc(-n3c5ccccc5c5ccccc53)cc2N4c2c(-c3cccc4[nH]c5ccccc5c34)cccc2-c2cccc3[nH]c4ccccc4c23)CC1. The molecule has 0 radical (unpaired) electrons. The molecule has 111 heavy (non-hydrogen) atoms. The van der Waals surface area contributed by atoms with Gasteiger partial charge < -0.3 is 38.9 Å². The van der Waals surface area contributed by atoms with Gasteiger partial charge in [-0.2, -0.15) is 0 Å². The van der Waals surface area contributed by atoms with Crippen molar-refractivity contribution in [1.82, 2.24) is 29.1 Å². The predicted molar refractivity (Wildman–Crippen MR) is 468 cm³/mol. The standard InChI is InChI=1S/C102H65BN8/c1-9-40-80-74(28-1)96-66(32-19-44-84(96)104-80)70-36-17-37-71(67-33-20-45-85-97(67)75-29-2-10-41-81(75)105-85)101(70)110-92-52-23-53-93-100(92)103(78-56-54-60(58-94(78)110)108-88-48-13-5-24-62(88)63-25-6-14-49-89(63)108)79-57-55-61(109-90-50-15-7-26-64(90)65-27-8-16-51-91(65)109)59-95(79)111(93)102-72(68-34-21-46-86-98(68)76-30-3-11-42-82(76)106-86)38-18-39-73(102)69-35-22-47-87-99(69)77-31-4-12-43-83(77)107-87/h1-7,9-26,28-59,104-107H,8,27H2. The number of aromatic amines is 4. The van der Waals surface area contributed by atoms with E-state index in [0.717, 1.165) is 158 Å². The highest BCUT2D eigenvalue weighted by Crippen LogP contribution is 2.56. The number of aryl methyl sites for hydroxylation is 1. The third-order valence-corrected chi connectivity index (χ3v) is 24.7. The molecule has 8 heterocycles. The predicted octanol–water partition coefficient (Wildman–Crippen LogP) is 25.0. The zero-order valence-corrected chi connectivity index (χ0v) is 60.2. The van der Waals surface area contributed by atoms with Gasteiger partial charge in [0.15, 0.2) is 0 Å². The van der Waals surface area contributed by atoms with Crippen molar-refractivity contribution in [1.29, 1.82) is 0 Å². The van der Waals surface area contributed by atoms with Gasteiger partial charge in [0.1, 0.15) is 0 Å². The molecule has 0 saturated heterocycles. The van der Waals surface area contributed by atoms with Crippen LogP contribution in [0.2, 0.25) is 0 Å². The maximum atomic E-state index is 3.89. The highest BCUT2D eigenvalue weighted by Gasteiger charge is 2.46. The molecule has 0 atom stereocenters. The minimum atomic E-state index is -0.278. The largest absolute Gasteiger partial charge is 0.354 e. The molecule has 516 valence electrons. The Kier molecular flexibility index (Phi) is 12.6. The lowest BCUT2D eigenvalue weighted by molar-refractivity contribution is 0.967. The van der Waals surface area contributed by atoms with Crippen LogP contribution in [0, 0.1) is 0 Å². The number of allylic oxidation sites excluding steroid dienone is 1. The molecule has 6 aromatic heterocycles. The van der Waals surface area contributed by atoms with E-state index in [4.69, 9.17) is 0 Å². The van der Waals surface area contributed by atoms with Gasteiger partial charge in [-0.15, -0.1) is 0 Å². The average Bonchev–Trinajstić information content (AvgIpc) is 1.30. The molecule has 0 saturated carbocycles. The molecule has 0 bridgehead atoms. The van der Waals surface area contributed by atoms with Gasteiger partial charge in [-0.3, -0.25) is 0 Å². The summed E-state index contributed by atoms with van der Waals surface area (Å²) in [6.45, 7) is -0.278. The third-order valence-electron chi connectivity index (χ3n) is 24.7. The van der Waals surface area contributed by atoms with Gasteiger partial charge in [0.25, 0.3) is 6.71 Å². The lowest BCUT2D eigenvalue weighted by Crippen LogP contribution is -2.61. The second kappa shape index (κ2) is 23.0. The van der Waals surface area contributed by atoms with Crippen molar-refractivity contribution in [3.05, 3.63) is 351 Å². The van der Waals surface area contributed by atoms with Gasteiger partial charge in [0.2, 0.25) is 0 Å². The first-order valence-electron chi connectivity index (χ1n) is 38.7. The first kappa shape index (κ1) is 60.6. The Morgan fingerprint density at radius 2 is 0.586 bits per heavy atom. The molecule has 3 aliphatic rings. The number of para-hydroxylation sites is 9. The fourth-order valence-electron chi connectivity index (χ4n) is 20.3. The first-order valence-corrected chi connectivity index (χ1v) is 38.7.